The van der Waals surface area contributed by atoms with Crippen LogP contribution in [0.1, 0.15) is 68.1 Å². The highest BCUT2D eigenvalue weighted by Gasteiger charge is 2.22. The van der Waals surface area contributed by atoms with Gasteiger partial charge in [0.2, 0.25) is 0 Å². The van der Waals surface area contributed by atoms with Crippen molar-refractivity contribution < 1.29 is 13.2 Å². The lowest BCUT2D eigenvalue weighted by molar-refractivity contribution is 0.385. The zero-order chi connectivity index (χ0) is 21.8. The summed E-state index contributed by atoms with van der Waals surface area (Å²) < 4.78 is 41.7. The quantitative estimate of drug-likeness (QED) is 0.376. The number of benzene rings is 3. The Morgan fingerprint density at radius 3 is 2.42 bits per heavy atom. The predicted molar refractivity (Wildman–Crippen MR) is 120 cm³/mol. The lowest BCUT2D eigenvalue weighted by Gasteiger charge is -2.26. The molecule has 3 heteroatoms. The van der Waals surface area contributed by atoms with E-state index < -0.39 is 11.6 Å². The van der Waals surface area contributed by atoms with E-state index in [0.29, 0.717) is 16.9 Å². The molecule has 1 fully saturated rings. The molecule has 3 aromatic carbocycles. The molecule has 1 aliphatic carbocycles. The van der Waals surface area contributed by atoms with Crippen LogP contribution in [0.25, 0.3) is 10.8 Å². The molecular formula is C28H27F3. The topological polar surface area (TPSA) is 0 Å². The van der Waals surface area contributed by atoms with Gasteiger partial charge in [-0.05, 0) is 79.2 Å². The van der Waals surface area contributed by atoms with E-state index in [-0.39, 0.29) is 11.7 Å². The molecule has 0 radical (unpaired) electrons. The minimum Gasteiger partial charge on any atom is -0.206 e. The van der Waals surface area contributed by atoms with Crippen molar-refractivity contribution in [3.05, 3.63) is 82.7 Å². The Morgan fingerprint density at radius 2 is 1.68 bits per heavy atom. The number of halogens is 3. The Morgan fingerprint density at radius 1 is 0.871 bits per heavy atom. The molecule has 0 aliphatic heterocycles. The van der Waals surface area contributed by atoms with Crippen molar-refractivity contribution in [3.63, 3.8) is 0 Å². The van der Waals surface area contributed by atoms with Gasteiger partial charge in [0.25, 0.3) is 0 Å². The van der Waals surface area contributed by atoms with E-state index in [0.717, 1.165) is 55.9 Å². The van der Waals surface area contributed by atoms with E-state index in [4.69, 9.17) is 0 Å². The third kappa shape index (κ3) is 4.96. The van der Waals surface area contributed by atoms with E-state index in [2.05, 4.69) is 18.8 Å². The van der Waals surface area contributed by atoms with E-state index in [1.54, 1.807) is 24.3 Å². The van der Waals surface area contributed by atoms with Gasteiger partial charge in [0.1, 0.15) is 5.82 Å². The fraction of sp³-hybridized carbons (Fsp3) is 0.357. The third-order valence-corrected chi connectivity index (χ3v) is 6.39. The molecule has 0 heterocycles. The predicted octanol–water partition coefficient (Wildman–Crippen LogP) is 7.93. The van der Waals surface area contributed by atoms with Crippen molar-refractivity contribution in [3.8, 4) is 11.8 Å². The maximum Gasteiger partial charge on any atom is 0.166 e. The molecule has 0 atom stereocenters. The maximum atomic E-state index is 14.3. The molecule has 0 saturated heterocycles. The maximum absolute atomic E-state index is 14.3. The number of fused-ring (bicyclic) bond motifs is 1. The summed E-state index contributed by atoms with van der Waals surface area (Å²) in [6, 6.07) is 13.8. The number of unbranched alkanes of at least 4 members (excludes halogenated alkanes) is 1. The summed E-state index contributed by atoms with van der Waals surface area (Å²) in [7, 11) is 0. The Kier molecular flexibility index (Phi) is 6.66. The number of aryl methyl sites for hydroxylation is 1. The van der Waals surface area contributed by atoms with Crippen LogP contribution in [0.2, 0.25) is 0 Å². The van der Waals surface area contributed by atoms with Crippen molar-refractivity contribution in [2.24, 2.45) is 5.92 Å². The second-order valence-electron chi connectivity index (χ2n) is 8.58. The van der Waals surface area contributed by atoms with Gasteiger partial charge in [-0.15, -0.1) is 0 Å². The summed E-state index contributed by atoms with van der Waals surface area (Å²) in [4.78, 5) is 0. The molecule has 0 unspecified atom stereocenters. The molecule has 1 saturated carbocycles. The molecule has 0 bridgehead atoms. The van der Waals surface area contributed by atoms with Gasteiger partial charge >= 0.3 is 0 Å². The van der Waals surface area contributed by atoms with Crippen LogP contribution < -0.4 is 0 Å². The molecule has 0 nitrogen and oxygen atoms in total. The van der Waals surface area contributed by atoms with Crippen LogP contribution >= 0.6 is 0 Å². The molecule has 1 aliphatic rings. The second-order valence-corrected chi connectivity index (χ2v) is 8.58. The Hall–Kier alpha value is -2.73. The smallest absolute Gasteiger partial charge is 0.166 e. The summed E-state index contributed by atoms with van der Waals surface area (Å²) in [5, 5.41) is 1.06. The van der Waals surface area contributed by atoms with Crippen molar-refractivity contribution in [1.82, 2.24) is 0 Å². The zero-order valence-electron chi connectivity index (χ0n) is 17.9. The van der Waals surface area contributed by atoms with Gasteiger partial charge in [-0.2, -0.15) is 0 Å². The summed E-state index contributed by atoms with van der Waals surface area (Å²) in [6.45, 7) is 2.13. The van der Waals surface area contributed by atoms with Crippen LogP contribution in [0.5, 0.6) is 0 Å². The average Bonchev–Trinajstić information content (AvgIpc) is 2.79. The van der Waals surface area contributed by atoms with Gasteiger partial charge in [0, 0.05) is 11.3 Å². The molecule has 0 aromatic heterocycles. The van der Waals surface area contributed by atoms with Crippen LogP contribution in [-0.4, -0.2) is 0 Å². The van der Waals surface area contributed by atoms with E-state index in [9.17, 15) is 13.2 Å². The summed E-state index contributed by atoms with van der Waals surface area (Å²) in [6.07, 6.45) is 6.98. The third-order valence-electron chi connectivity index (χ3n) is 6.39. The van der Waals surface area contributed by atoms with Gasteiger partial charge in [-0.25, -0.2) is 13.2 Å². The largest absolute Gasteiger partial charge is 0.206 e. The van der Waals surface area contributed by atoms with Crippen LogP contribution in [0.4, 0.5) is 13.2 Å². The summed E-state index contributed by atoms with van der Waals surface area (Å²) in [5.41, 5.74) is 2.67. The van der Waals surface area contributed by atoms with Crippen molar-refractivity contribution in [2.45, 2.75) is 57.8 Å². The average molecular weight is 421 g/mol. The lowest BCUT2D eigenvalue weighted by Crippen LogP contribution is -2.12. The molecule has 31 heavy (non-hydrogen) atoms. The normalized spacial score (nSPS) is 18.6. The Bertz CT molecular complexity index is 1130. The van der Waals surface area contributed by atoms with Gasteiger partial charge in [-0.1, -0.05) is 55.5 Å². The number of rotatable bonds is 4. The molecule has 0 amide bonds. The molecule has 4 rings (SSSR count). The molecule has 3 aromatic rings. The summed E-state index contributed by atoms with van der Waals surface area (Å²) in [5.74, 6) is 5.16. The molecule has 160 valence electrons. The van der Waals surface area contributed by atoms with Gasteiger partial charge in [-0.3, -0.25) is 0 Å². The van der Waals surface area contributed by atoms with Crippen molar-refractivity contribution >= 4 is 10.8 Å². The number of hydrogen-bond donors (Lipinski definition) is 0. The van der Waals surface area contributed by atoms with Crippen molar-refractivity contribution in [1.29, 1.82) is 0 Å². The van der Waals surface area contributed by atoms with Gasteiger partial charge in [0.15, 0.2) is 11.6 Å². The molecule has 0 spiro atoms. The highest BCUT2D eigenvalue weighted by atomic mass is 19.2. The fourth-order valence-electron chi connectivity index (χ4n) is 4.48. The van der Waals surface area contributed by atoms with Gasteiger partial charge in [0.05, 0.1) is 5.56 Å². The van der Waals surface area contributed by atoms with E-state index >= 15 is 0 Å². The first-order chi connectivity index (χ1) is 15.0. The first-order valence-corrected chi connectivity index (χ1v) is 11.2. The highest BCUT2D eigenvalue weighted by Crippen LogP contribution is 2.37. The Labute approximate surface area is 182 Å². The standard InChI is InChI=1S/C28H27F3/c1-2-3-4-20-8-12-22(27(30)17-20)11-7-19-5-9-21(10-6-19)23-13-15-25-24(18-23)14-16-26(29)28(25)31/h8,12-19,21H,2-6,9-10H2,1H3. The van der Waals surface area contributed by atoms with Crippen LogP contribution in [-0.2, 0) is 6.42 Å². The van der Waals surface area contributed by atoms with E-state index in [1.807, 2.05) is 18.2 Å². The molecule has 0 N–H and O–H groups in total. The first-order valence-electron chi connectivity index (χ1n) is 11.2. The summed E-state index contributed by atoms with van der Waals surface area (Å²) >= 11 is 0. The minimum atomic E-state index is -0.814. The van der Waals surface area contributed by atoms with E-state index in [1.165, 1.54) is 11.6 Å². The monoisotopic (exact) mass is 420 g/mol. The second kappa shape index (κ2) is 9.60. The fourth-order valence-corrected chi connectivity index (χ4v) is 4.48. The number of hydrogen-bond acceptors (Lipinski definition) is 0. The SMILES string of the molecule is CCCCc1ccc(C#CC2CCC(c3ccc4c(F)c(F)ccc4c3)CC2)c(F)c1. The molecular weight excluding hydrogens is 393 g/mol. The van der Waals surface area contributed by atoms with Crippen LogP contribution in [0.15, 0.2) is 48.5 Å². The minimum absolute atomic E-state index is 0.227. The van der Waals surface area contributed by atoms with Gasteiger partial charge < -0.3 is 0 Å². The first kappa shape index (κ1) is 21.5. The lowest BCUT2D eigenvalue weighted by atomic mass is 9.78. The van der Waals surface area contributed by atoms with Crippen molar-refractivity contribution in [2.75, 3.05) is 0 Å². The highest BCUT2D eigenvalue weighted by molar-refractivity contribution is 5.84. The van der Waals surface area contributed by atoms with Crippen LogP contribution in [0, 0.1) is 35.2 Å². The zero-order valence-corrected chi connectivity index (χ0v) is 17.9. The van der Waals surface area contributed by atoms with Crippen LogP contribution in [0.3, 0.4) is 0 Å². The Balaban J connectivity index is 1.40.